The first-order valence-corrected chi connectivity index (χ1v) is 7.61. The Balaban J connectivity index is 1.79. The summed E-state index contributed by atoms with van der Waals surface area (Å²) in [4.78, 5) is 30.8. The van der Waals surface area contributed by atoms with Gasteiger partial charge in [-0.25, -0.2) is 0 Å². The Bertz CT molecular complexity index is 547. The van der Waals surface area contributed by atoms with Gasteiger partial charge in [-0.2, -0.15) is 0 Å². The van der Waals surface area contributed by atoms with E-state index in [0.717, 1.165) is 43.4 Å². The number of pyridine rings is 1. The Morgan fingerprint density at radius 3 is 2.67 bits per heavy atom. The van der Waals surface area contributed by atoms with E-state index in [1.165, 1.54) is 0 Å². The molecule has 1 aromatic heterocycles. The summed E-state index contributed by atoms with van der Waals surface area (Å²) < 4.78 is 0. The van der Waals surface area contributed by atoms with Crippen molar-refractivity contribution in [2.24, 2.45) is 0 Å². The van der Waals surface area contributed by atoms with Crippen LogP contribution in [0.1, 0.15) is 43.4 Å². The van der Waals surface area contributed by atoms with E-state index in [0.29, 0.717) is 6.54 Å². The molecule has 0 unspecified atom stereocenters. The van der Waals surface area contributed by atoms with E-state index in [1.54, 1.807) is 11.1 Å². The Morgan fingerprint density at radius 2 is 2.00 bits per heavy atom. The second-order valence-corrected chi connectivity index (χ2v) is 6.16. The Kier molecular flexibility index (Phi) is 3.66. The number of carbonyl (C=O) groups excluding carboxylic acids is 2. The van der Waals surface area contributed by atoms with Crippen molar-refractivity contribution in [3.05, 3.63) is 29.6 Å². The maximum Gasteiger partial charge on any atom is 0.249 e. The van der Waals surface area contributed by atoms with Gasteiger partial charge in [-0.05, 0) is 31.4 Å². The first-order valence-electron chi connectivity index (χ1n) is 7.61. The minimum atomic E-state index is -0.647. The molecule has 1 saturated heterocycles. The minimum absolute atomic E-state index is 0.0448. The molecule has 21 heavy (non-hydrogen) atoms. The molecule has 1 aliphatic heterocycles. The number of hydrogen-bond donors (Lipinski definition) is 1. The van der Waals surface area contributed by atoms with Crippen LogP contribution in [0.4, 0.5) is 0 Å². The van der Waals surface area contributed by atoms with Crippen LogP contribution in [0.2, 0.25) is 0 Å². The summed E-state index contributed by atoms with van der Waals surface area (Å²) in [5.41, 5.74) is 1.27. The summed E-state index contributed by atoms with van der Waals surface area (Å²) in [6.07, 6.45) is 6.47. The van der Waals surface area contributed by atoms with Crippen molar-refractivity contribution in [2.75, 3.05) is 6.54 Å². The van der Waals surface area contributed by atoms with Gasteiger partial charge in [0.25, 0.3) is 0 Å². The van der Waals surface area contributed by atoms with Crippen molar-refractivity contribution in [1.29, 1.82) is 0 Å². The molecule has 2 heterocycles. The Hall–Kier alpha value is -1.91. The SMILES string of the molecule is Cc1ccc(CN2CC(=O)NC3(CCCCC3)C2=O)cn1. The normalized spacial score (nSPS) is 21.5. The molecule has 112 valence electrons. The van der Waals surface area contributed by atoms with Gasteiger partial charge in [0.05, 0.1) is 6.54 Å². The van der Waals surface area contributed by atoms with E-state index in [-0.39, 0.29) is 18.4 Å². The van der Waals surface area contributed by atoms with Gasteiger partial charge in [0.2, 0.25) is 11.8 Å². The number of hydrogen-bond acceptors (Lipinski definition) is 3. The Labute approximate surface area is 124 Å². The van der Waals surface area contributed by atoms with Crippen molar-refractivity contribution in [3.63, 3.8) is 0 Å². The fourth-order valence-corrected chi connectivity index (χ4v) is 3.34. The van der Waals surface area contributed by atoms with E-state index in [9.17, 15) is 9.59 Å². The standard InChI is InChI=1S/C16H21N3O2/c1-12-5-6-13(9-17-12)10-19-11-14(20)18-16(15(19)21)7-3-2-4-8-16/h5-6,9H,2-4,7-8,10-11H2,1H3,(H,18,20). The molecule has 1 N–H and O–H groups in total. The van der Waals surface area contributed by atoms with E-state index < -0.39 is 5.54 Å². The van der Waals surface area contributed by atoms with E-state index >= 15 is 0 Å². The molecule has 2 fully saturated rings. The van der Waals surface area contributed by atoms with Gasteiger partial charge in [-0.15, -0.1) is 0 Å². The van der Waals surface area contributed by atoms with Crippen LogP contribution in [0.3, 0.4) is 0 Å². The summed E-state index contributed by atoms with van der Waals surface area (Å²) in [6, 6.07) is 3.90. The first-order chi connectivity index (χ1) is 10.1. The Morgan fingerprint density at radius 1 is 1.24 bits per heavy atom. The fraction of sp³-hybridized carbons (Fsp3) is 0.562. The van der Waals surface area contributed by atoms with Gasteiger partial charge >= 0.3 is 0 Å². The molecular formula is C16H21N3O2. The molecule has 0 bridgehead atoms. The van der Waals surface area contributed by atoms with Gasteiger partial charge < -0.3 is 10.2 Å². The van der Waals surface area contributed by atoms with Crippen molar-refractivity contribution < 1.29 is 9.59 Å². The predicted molar refractivity (Wildman–Crippen MR) is 78.3 cm³/mol. The zero-order valence-electron chi connectivity index (χ0n) is 12.4. The molecule has 2 amide bonds. The molecule has 1 saturated carbocycles. The van der Waals surface area contributed by atoms with Crippen LogP contribution in [0.15, 0.2) is 18.3 Å². The summed E-state index contributed by atoms with van der Waals surface area (Å²) in [7, 11) is 0. The van der Waals surface area contributed by atoms with Gasteiger partial charge in [0.15, 0.2) is 0 Å². The van der Waals surface area contributed by atoms with Crippen LogP contribution >= 0.6 is 0 Å². The van der Waals surface area contributed by atoms with Crippen LogP contribution in [0.5, 0.6) is 0 Å². The molecule has 1 spiro atoms. The zero-order valence-corrected chi connectivity index (χ0v) is 12.4. The summed E-state index contributed by atoms with van der Waals surface area (Å²) in [6.45, 7) is 2.54. The molecule has 0 radical (unpaired) electrons. The molecule has 5 nitrogen and oxygen atoms in total. The van der Waals surface area contributed by atoms with Crippen LogP contribution in [-0.4, -0.2) is 33.8 Å². The number of rotatable bonds is 2. The lowest BCUT2D eigenvalue weighted by Gasteiger charge is -2.44. The number of aryl methyl sites for hydroxylation is 1. The molecule has 2 aliphatic rings. The maximum atomic E-state index is 12.8. The average molecular weight is 287 g/mol. The summed E-state index contributed by atoms with van der Waals surface area (Å²) >= 11 is 0. The topological polar surface area (TPSA) is 62.3 Å². The number of piperazine rings is 1. The van der Waals surface area contributed by atoms with Gasteiger partial charge in [0, 0.05) is 18.4 Å². The van der Waals surface area contributed by atoms with Crippen LogP contribution in [0, 0.1) is 6.92 Å². The summed E-state index contributed by atoms with van der Waals surface area (Å²) in [5, 5.41) is 2.96. The highest BCUT2D eigenvalue weighted by Gasteiger charge is 2.46. The lowest BCUT2D eigenvalue weighted by molar-refractivity contribution is -0.152. The van der Waals surface area contributed by atoms with Crippen LogP contribution < -0.4 is 5.32 Å². The predicted octanol–water partition coefficient (Wildman–Crippen LogP) is 1.55. The largest absolute Gasteiger partial charge is 0.340 e. The molecule has 1 aliphatic carbocycles. The second-order valence-electron chi connectivity index (χ2n) is 6.16. The number of aromatic nitrogens is 1. The number of amides is 2. The third-order valence-corrected chi connectivity index (χ3v) is 4.46. The molecule has 0 aromatic carbocycles. The minimum Gasteiger partial charge on any atom is -0.340 e. The number of nitrogens with zero attached hydrogens (tertiary/aromatic N) is 2. The number of carbonyl (C=O) groups is 2. The highest BCUT2D eigenvalue weighted by atomic mass is 16.2. The fourth-order valence-electron chi connectivity index (χ4n) is 3.34. The van der Waals surface area contributed by atoms with Gasteiger partial charge in [0.1, 0.15) is 5.54 Å². The van der Waals surface area contributed by atoms with Gasteiger partial charge in [-0.1, -0.05) is 25.3 Å². The third kappa shape index (κ3) is 2.77. The summed E-state index contributed by atoms with van der Waals surface area (Å²) in [5.74, 6) is 0.0268. The van der Waals surface area contributed by atoms with Crippen LogP contribution in [-0.2, 0) is 16.1 Å². The lowest BCUT2D eigenvalue weighted by Crippen LogP contribution is -2.66. The molecular weight excluding hydrogens is 266 g/mol. The maximum absolute atomic E-state index is 12.8. The third-order valence-electron chi connectivity index (χ3n) is 4.46. The smallest absolute Gasteiger partial charge is 0.249 e. The molecule has 5 heteroatoms. The quantitative estimate of drug-likeness (QED) is 0.897. The van der Waals surface area contributed by atoms with E-state index in [2.05, 4.69) is 10.3 Å². The molecule has 1 aromatic rings. The highest BCUT2D eigenvalue weighted by Crippen LogP contribution is 2.32. The van der Waals surface area contributed by atoms with Crippen molar-refractivity contribution in [1.82, 2.24) is 15.2 Å². The van der Waals surface area contributed by atoms with Crippen molar-refractivity contribution in [3.8, 4) is 0 Å². The van der Waals surface area contributed by atoms with Crippen molar-refractivity contribution in [2.45, 2.75) is 51.1 Å². The zero-order chi connectivity index (χ0) is 14.9. The first kappa shape index (κ1) is 14.0. The molecule has 3 rings (SSSR count). The van der Waals surface area contributed by atoms with E-state index in [4.69, 9.17) is 0 Å². The highest BCUT2D eigenvalue weighted by molar-refractivity contribution is 5.98. The number of nitrogens with one attached hydrogen (secondary N) is 1. The molecule has 0 atom stereocenters. The van der Waals surface area contributed by atoms with Crippen molar-refractivity contribution >= 4 is 11.8 Å². The van der Waals surface area contributed by atoms with Crippen LogP contribution in [0.25, 0.3) is 0 Å². The second kappa shape index (κ2) is 5.47. The average Bonchev–Trinajstić information content (AvgIpc) is 2.48. The monoisotopic (exact) mass is 287 g/mol. The van der Waals surface area contributed by atoms with E-state index in [1.807, 2.05) is 19.1 Å². The van der Waals surface area contributed by atoms with Gasteiger partial charge in [-0.3, -0.25) is 14.6 Å². The lowest BCUT2D eigenvalue weighted by atomic mass is 9.79.